The highest BCUT2D eigenvalue weighted by molar-refractivity contribution is 5.97. The van der Waals surface area contributed by atoms with Gasteiger partial charge in [0.25, 0.3) is 0 Å². The molecule has 1 aliphatic rings. The fourth-order valence-electron chi connectivity index (χ4n) is 7.53. The van der Waals surface area contributed by atoms with Gasteiger partial charge in [-0.2, -0.15) is 0 Å². The summed E-state index contributed by atoms with van der Waals surface area (Å²) >= 11 is 0. The monoisotopic (exact) mass is 891 g/mol. The smallest absolute Gasteiger partial charge is 0.326 e. The molecule has 0 spiro atoms. The molecule has 1 fully saturated rings. The van der Waals surface area contributed by atoms with Crippen LogP contribution in [0.3, 0.4) is 0 Å². The molecule has 352 valence electrons. The van der Waals surface area contributed by atoms with E-state index in [2.05, 4.69) is 31.9 Å². The van der Waals surface area contributed by atoms with Crippen LogP contribution < -0.4 is 37.6 Å². The van der Waals surface area contributed by atoms with E-state index >= 15 is 0 Å². The molecule has 2 aromatic carbocycles. The number of carboxylic acids is 1. The molecule has 0 bridgehead atoms. The largest absolute Gasteiger partial charge is 0.480 e. The number of carbonyl (C=O) groups excluding carboxylic acids is 7. The summed E-state index contributed by atoms with van der Waals surface area (Å²) in [5.74, 6) is -6.19. The third-order valence-electron chi connectivity index (χ3n) is 11.0. The first-order valence-electron chi connectivity index (χ1n) is 22.3. The van der Waals surface area contributed by atoms with Crippen LogP contribution in [0, 0.1) is 23.7 Å². The number of rotatable bonds is 24. The third kappa shape index (κ3) is 16.7. The highest BCUT2D eigenvalue weighted by atomic mass is 16.4. The molecule has 0 radical (unpaired) electrons. The Morgan fingerprint density at radius 2 is 1.09 bits per heavy atom. The molecule has 3 rings (SSSR count). The van der Waals surface area contributed by atoms with Gasteiger partial charge < -0.3 is 47.6 Å². The highest BCUT2D eigenvalue weighted by Gasteiger charge is 2.40. The first-order valence-corrected chi connectivity index (χ1v) is 22.3. The molecule has 64 heavy (non-hydrogen) atoms. The standard InChI is InChI=1S/C47H70N8O9/c1-27(2)22-33(48)41(57)51-35(24-31-16-11-9-12-17-31)43(59)53-39(29(5)6)46(62)55-21-15-20-37(55)45(61)49-26-38(56)50-34(23-28(3)4)42(58)52-36(25-32-18-13-10-14-19-32)44(60)54-40(30(7)8)47(63)64/h9-14,16-19,27-30,33-37,39-40H,15,20-26,48H2,1-8H3,(H,49,61)(H,50,56)(H,51,57)(H,52,58)(H,53,59)(H,54,60)(H,63,64)/t33-,34-,35-,36-,37+,39-,40-/m0/s1. The van der Waals surface area contributed by atoms with Crippen molar-refractivity contribution in [3.63, 3.8) is 0 Å². The maximum atomic E-state index is 14.2. The predicted octanol–water partition coefficient (Wildman–Crippen LogP) is 1.82. The Kier molecular flexibility index (Phi) is 20.9. The number of nitrogens with one attached hydrogen (secondary N) is 6. The van der Waals surface area contributed by atoms with Gasteiger partial charge in [0.2, 0.25) is 41.4 Å². The molecule has 17 nitrogen and oxygen atoms in total. The minimum Gasteiger partial charge on any atom is -0.480 e. The van der Waals surface area contributed by atoms with Crippen LogP contribution in [0.2, 0.25) is 0 Å². The molecule has 0 aromatic heterocycles. The molecule has 9 N–H and O–H groups in total. The lowest BCUT2D eigenvalue weighted by Gasteiger charge is -2.31. The Hall–Kier alpha value is -5.84. The number of benzene rings is 2. The summed E-state index contributed by atoms with van der Waals surface area (Å²) in [4.78, 5) is 109. The van der Waals surface area contributed by atoms with Crippen LogP contribution in [0.1, 0.15) is 92.2 Å². The van der Waals surface area contributed by atoms with Crippen molar-refractivity contribution in [2.45, 2.75) is 136 Å². The molecular weight excluding hydrogens is 821 g/mol. The van der Waals surface area contributed by atoms with Gasteiger partial charge in [0.05, 0.1) is 12.6 Å². The van der Waals surface area contributed by atoms with Crippen LogP contribution in [-0.2, 0) is 51.2 Å². The molecule has 0 saturated carbocycles. The van der Waals surface area contributed by atoms with Gasteiger partial charge in [0.1, 0.15) is 36.3 Å². The van der Waals surface area contributed by atoms with E-state index in [1.807, 2.05) is 58.0 Å². The number of carboxylic acid groups (broad SMARTS) is 1. The minimum atomic E-state index is -1.22. The number of nitrogens with two attached hydrogens (primary N) is 1. The highest BCUT2D eigenvalue weighted by Crippen LogP contribution is 2.21. The molecule has 0 unspecified atom stereocenters. The zero-order valence-electron chi connectivity index (χ0n) is 38.5. The first kappa shape index (κ1) is 52.5. The number of amides is 7. The number of nitrogens with zero attached hydrogens (tertiary/aromatic N) is 1. The molecule has 17 heteroatoms. The van der Waals surface area contributed by atoms with Gasteiger partial charge in [-0.1, -0.05) is 116 Å². The van der Waals surface area contributed by atoms with Crippen LogP contribution in [0.15, 0.2) is 60.7 Å². The zero-order chi connectivity index (χ0) is 47.7. The van der Waals surface area contributed by atoms with Gasteiger partial charge in [0.15, 0.2) is 0 Å². The number of aliphatic carboxylic acids is 1. The second-order valence-electron chi connectivity index (χ2n) is 18.2. The van der Waals surface area contributed by atoms with Crippen molar-refractivity contribution in [2.75, 3.05) is 13.1 Å². The van der Waals surface area contributed by atoms with Gasteiger partial charge in [0, 0.05) is 19.4 Å². The van der Waals surface area contributed by atoms with E-state index in [1.54, 1.807) is 58.0 Å². The third-order valence-corrected chi connectivity index (χ3v) is 11.0. The lowest BCUT2D eigenvalue weighted by atomic mass is 9.99. The van der Waals surface area contributed by atoms with E-state index < -0.39 is 108 Å². The van der Waals surface area contributed by atoms with Crippen LogP contribution in [-0.4, -0.2) is 113 Å². The quantitative estimate of drug-likeness (QED) is 0.0759. The maximum Gasteiger partial charge on any atom is 0.326 e. The molecule has 1 heterocycles. The molecule has 1 aliphatic heterocycles. The summed E-state index contributed by atoms with van der Waals surface area (Å²) in [6.45, 7) is 14.1. The molecule has 1 saturated heterocycles. The summed E-state index contributed by atoms with van der Waals surface area (Å²) in [5, 5.41) is 25.8. The second kappa shape index (κ2) is 25.5. The topological polar surface area (TPSA) is 258 Å². The Balaban J connectivity index is 1.71. The van der Waals surface area contributed by atoms with E-state index in [-0.39, 0.29) is 37.6 Å². The maximum absolute atomic E-state index is 14.2. The average Bonchev–Trinajstić information content (AvgIpc) is 3.73. The molecular formula is C47H70N8O9. The lowest BCUT2D eigenvalue weighted by molar-refractivity contribution is -0.143. The van der Waals surface area contributed by atoms with Gasteiger partial charge in [-0.3, -0.25) is 33.6 Å². The first-order chi connectivity index (χ1) is 30.2. The Morgan fingerprint density at radius 3 is 1.56 bits per heavy atom. The van der Waals surface area contributed by atoms with Gasteiger partial charge in [-0.05, 0) is 60.5 Å². The number of hydrogen-bond acceptors (Lipinski definition) is 9. The van der Waals surface area contributed by atoms with Crippen LogP contribution in [0.4, 0.5) is 0 Å². The zero-order valence-corrected chi connectivity index (χ0v) is 38.5. The second-order valence-corrected chi connectivity index (χ2v) is 18.2. The van der Waals surface area contributed by atoms with Crippen molar-refractivity contribution >= 4 is 47.3 Å². The lowest BCUT2D eigenvalue weighted by Crippen LogP contribution is -2.59. The fraction of sp³-hybridized carbons (Fsp3) is 0.574. The van der Waals surface area contributed by atoms with Gasteiger partial charge in [-0.25, -0.2) is 4.79 Å². The summed E-state index contributed by atoms with van der Waals surface area (Å²) < 4.78 is 0. The average molecular weight is 891 g/mol. The van der Waals surface area contributed by atoms with Gasteiger partial charge >= 0.3 is 5.97 Å². The molecule has 2 aromatic rings. The van der Waals surface area contributed by atoms with E-state index in [0.29, 0.717) is 24.8 Å². The van der Waals surface area contributed by atoms with Crippen LogP contribution in [0.25, 0.3) is 0 Å². The molecule has 7 amide bonds. The summed E-state index contributed by atoms with van der Waals surface area (Å²) in [5.41, 5.74) is 7.65. The molecule has 0 aliphatic carbocycles. The van der Waals surface area contributed by atoms with Crippen LogP contribution in [0.5, 0.6) is 0 Å². The SMILES string of the molecule is CC(C)C[C@H](NC(=O)CNC(=O)[C@H]1CCCN1C(=O)[C@@H](NC(=O)[C@H](Cc1ccccc1)NC(=O)[C@@H](N)CC(C)C)C(C)C)C(=O)N[C@@H](Cc1ccccc1)C(=O)N[C@H](C(=O)O)C(C)C. The van der Waals surface area contributed by atoms with Crippen LogP contribution >= 0.6 is 0 Å². The summed E-state index contributed by atoms with van der Waals surface area (Å²) in [7, 11) is 0. The summed E-state index contributed by atoms with van der Waals surface area (Å²) in [6, 6.07) is 10.7. The summed E-state index contributed by atoms with van der Waals surface area (Å²) in [6.07, 6.45) is 1.60. The van der Waals surface area contributed by atoms with Crippen molar-refractivity contribution < 1.29 is 43.5 Å². The van der Waals surface area contributed by atoms with E-state index in [9.17, 15) is 43.5 Å². The minimum absolute atomic E-state index is 0.0528. The van der Waals surface area contributed by atoms with Crippen molar-refractivity contribution in [1.82, 2.24) is 36.8 Å². The van der Waals surface area contributed by atoms with E-state index in [0.717, 1.165) is 5.56 Å². The molecule has 7 atom stereocenters. The Morgan fingerprint density at radius 1 is 0.625 bits per heavy atom. The number of likely N-dealkylation sites (tertiary alicyclic amines) is 1. The van der Waals surface area contributed by atoms with E-state index in [4.69, 9.17) is 5.73 Å². The normalized spacial score (nSPS) is 16.6. The predicted molar refractivity (Wildman–Crippen MR) is 242 cm³/mol. The van der Waals surface area contributed by atoms with Crippen molar-refractivity contribution in [1.29, 1.82) is 0 Å². The van der Waals surface area contributed by atoms with Gasteiger partial charge in [-0.15, -0.1) is 0 Å². The van der Waals surface area contributed by atoms with Crippen molar-refractivity contribution in [3.05, 3.63) is 71.8 Å². The number of carbonyl (C=O) groups is 8. The Bertz CT molecular complexity index is 1890. The van der Waals surface area contributed by atoms with Crippen molar-refractivity contribution in [2.24, 2.45) is 29.4 Å². The van der Waals surface area contributed by atoms with E-state index in [1.165, 1.54) is 4.90 Å². The Labute approximate surface area is 377 Å². The number of hydrogen-bond donors (Lipinski definition) is 8. The van der Waals surface area contributed by atoms with Crippen molar-refractivity contribution in [3.8, 4) is 0 Å². The fourth-order valence-corrected chi connectivity index (χ4v) is 7.53.